The van der Waals surface area contributed by atoms with Crippen LogP contribution < -0.4 is 5.32 Å². The number of ether oxygens (including phenoxy) is 1. The van der Waals surface area contributed by atoms with Crippen LogP contribution in [0.5, 0.6) is 0 Å². The normalized spacial score (nSPS) is 10.7. The molecule has 0 atom stereocenters. The fourth-order valence-corrected chi connectivity index (χ4v) is 2.10. The number of halogens is 1. The zero-order valence-electron chi connectivity index (χ0n) is 11.4. The van der Waals surface area contributed by atoms with E-state index in [1.165, 1.54) is 0 Å². The van der Waals surface area contributed by atoms with Crippen LogP contribution in [0.2, 0.25) is 5.02 Å². The molecule has 0 amide bonds. The van der Waals surface area contributed by atoms with Crippen molar-refractivity contribution in [3.8, 4) is 5.69 Å². The topological polar surface area (TPSA) is 39.1 Å². The predicted octanol–water partition coefficient (Wildman–Crippen LogP) is 3.20. The summed E-state index contributed by atoms with van der Waals surface area (Å²) in [5, 5.41) is 4.02. The molecular formula is C14H18ClN3O. The van der Waals surface area contributed by atoms with Crippen molar-refractivity contribution < 1.29 is 4.74 Å². The highest BCUT2D eigenvalue weighted by Gasteiger charge is 2.10. The Bertz CT molecular complexity index is 566. The summed E-state index contributed by atoms with van der Waals surface area (Å²) in [6.07, 6.45) is 1.99. The summed E-state index contributed by atoms with van der Waals surface area (Å²) in [6.45, 7) is 5.33. The molecule has 0 unspecified atom stereocenters. The van der Waals surface area contributed by atoms with Gasteiger partial charge < -0.3 is 10.1 Å². The lowest BCUT2D eigenvalue weighted by Crippen LogP contribution is -2.12. The molecule has 1 aromatic heterocycles. The molecule has 2 rings (SSSR count). The van der Waals surface area contributed by atoms with Crippen LogP contribution in [0.3, 0.4) is 0 Å². The van der Waals surface area contributed by atoms with Gasteiger partial charge in [-0.3, -0.25) is 4.57 Å². The number of nitrogens with one attached hydrogen (secondary N) is 1. The van der Waals surface area contributed by atoms with E-state index >= 15 is 0 Å². The van der Waals surface area contributed by atoms with Crippen molar-refractivity contribution in [3.05, 3.63) is 40.7 Å². The van der Waals surface area contributed by atoms with E-state index in [9.17, 15) is 0 Å². The Kier molecular flexibility index (Phi) is 4.45. The summed E-state index contributed by atoms with van der Waals surface area (Å²) in [7, 11) is 1.68. The quantitative estimate of drug-likeness (QED) is 0.855. The van der Waals surface area contributed by atoms with Crippen LogP contribution in [0.4, 0.5) is 5.95 Å². The summed E-state index contributed by atoms with van der Waals surface area (Å²) in [4.78, 5) is 4.48. The van der Waals surface area contributed by atoms with Gasteiger partial charge in [-0.1, -0.05) is 17.7 Å². The number of rotatable bonds is 5. The maximum atomic E-state index is 6.18. The average Bonchev–Trinajstić information content (AvgIpc) is 2.74. The monoisotopic (exact) mass is 279 g/mol. The first-order chi connectivity index (χ1) is 9.13. The molecule has 5 heteroatoms. The van der Waals surface area contributed by atoms with E-state index in [1.54, 1.807) is 7.11 Å². The van der Waals surface area contributed by atoms with Gasteiger partial charge in [0, 0.05) is 24.9 Å². The first kappa shape index (κ1) is 13.9. The van der Waals surface area contributed by atoms with Crippen LogP contribution in [0.25, 0.3) is 5.69 Å². The summed E-state index contributed by atoms with van der Waals surface area (Å²) >= 11 is 6.18. The summed E-state index contributed by atoms with van der Waals surface area (Å²) < 4.78 is 7.06. The molecule has 0 aliphatic rings. The van der Waals surface area contributed by atoms with E-state index in [1.807, 2.05) is 42.8 Å². The second-order valence-electron chi connectivity index (χ2n) is 4.38. The molecule has 0 aliphatic carbocycles. The SMILES string of the molecule is COCCNc1nc(C)cn1-c1cccc(Cl)c1C. The third-order valence-corrected chi connectivity index (χ3v) is 3.32. The van der Waals surface area contributed by atoms with Crippen LogP contribution in [0, 0.1) is 13.8 Å². The van der Waals surface area contributed by atoms with E-state index in [0.29, 0.717) is 13.2 Å². The largest absolute Gasteiger partial charge is 0.383 e. The first-order valence-electron chi connectivity index (χ1n) is 6.17. The van der Waals surface area contributed by atoms with Gasteiger partial charge in [0.25, 0.3) is 0 Å². The molecular weight excluding hydrogens is 262 g/mol. The van der Waals surface area contributed by atoms with E-state index < -0.39 is 0 Å². The molecule has 19 heavy (non-hydrogen) atoms. The van der Waals surface area contributed by atoms with Crippen molar-refractivity contribution in [2.24, 2.45) is 0 Å². The van der Waals surface area contributed by atoms with Crippen molar-refractivity contribution in [2.75, 3.05) is 25.6 Å². The Labute approximate surface area is 118 Å². The Morgan fingerprint density at radius 2 is 2.16 bits per heavy atom. The highest BCUT2D eigenvalue weighted by Crippen LogP contribution is 2.25. The van der Waals surface area contributed by atoms with Crippen LogP contribution in [0.15, 0.2) is 24.4 Å². The predicted molar refractivity (Wildman–Crippen MR) is 78.4 cm³/mol. The van der Waals surface area contributed by atoms with Gasteiger partial charge >= 0.3 is 0 Å². The zero-order chi connectivity index (χ0) is 13.8. The van der Waals surface area contributed by atoms with Crippen molar-refractivity contribution in [2.45, 2.75) is 13.8 Å². The first-order valence-corrected chi connectivity index (χ1v) is 6.55. The fraction of sp³-hybridized carbons (Fsp3) is 0.357. The van der Waals surface area contributed by atoms with Gasteiger partial charge in [0.1, 0.15) is 0 Å². The Morgan fingerprint density at radius 3 is 2.89 bits per heavy atom. The average molecular weight is 280 g/mol. The molecule has 0 aliphatic heterocycles. The highest BCUT2D eigenvalue weighted by atomic mass is 35.5. The Balaban J connectivity index is 2.35. The van der Waals surface area contributed by atoms with Gasteiger partial charge in [-0.2, -0.15) is 0 Å². The van der Waals surface area contributed by atoms with Crippen LogP contribution in [0.1, 0.15) is 11.3 Å². The minimum absolute atomic E-state index is 0.639. The van der Waals surface area contributed by atoms with Gasteiger partial charge in [-0.25, -0.2) is 4.98 Å². The second-order valence-corrected chi connectivity index (χ2v) is 4.79. The van der Waals surface area contributed by atoms with Crippen molar-refractivity contribution in [1.29, 1.82) is 0 Å². The highest BCUT2D eigenvalue weighted by molar-refractivity contribution is 6.31. The maximum Gasteiger partial charge on any atom is 0.207 e. The van der Waals surface area contributed by atoms with E-state index in [-0.39, 0.29) is 0 Å². The number of imidazole rings is 1. The standard InChI is InChI=1S/C14H18ClN3O/c1-10-9-18(14(17-10)16-7-8-19-3)13-6-4-5-12(15)11(13)2/h4-6,9H,7-8H2,1-3H3,(H,16,17). The molecule has 102 valence electrons. The number of aryl methyl sites for hydroxylation is 1. The molecule has 0 spiro atoms. The summed E-state index contributed by atoms with van der Waals surface area (Å²) in [5.74, 6) is 0.805. The summed E-state index contributed by atoms with van der Waals surface area (Å²) in [5.41, 5.74) is 3.03. The van der Waals surface area contributed by atoms with Crippen LogP contribution in [-0.2, 0) is 4.74 Å². The van der Waals surface area contributed by atoms with E-state index in [0.717, 1.165) is 27.9 Å². The van der Waals surface area contributed by atoms with E-state index in [2.05, 4.69) is 10.3 Å². The lowest BCUT2D eigenvalue weighted by molar-refractivity contribution is 0.210. The number of benzene rings is 1. The van der Waals surface area contributed by atoms with E-state index in [4.69, 9.17) is 16.3 Å². The minimum atomic E-state index is 0.639. The second kappa shape index (κ2) is 6.08. The molecule has 4 nitrogen and oxygen atoms in total. The molecule has 0 bridgehead atoms. The number of nitrogens with zero attached hydrogens (tertiary/aromatic N) is 2. The lowest BCUT2D eigenvalue weighted by atomic mass is 10.2. The van der Waals surface area contributed by atoms with Gasteiger partial charge in [-0.05, 0) is 31.5 Å². The van der Waals surface area contributed by atoms with Gasteiger partial charge in [0.05, 0.1) is 18.0 Å². The Morgan fingerprint density at radius 1 is 1.37 bits per heavy atom. The molecule has 1 heterocycles. The number of methoxy groups -OCH3 is 1. The van der Waals surface area contributed by atoms with Gasteiger partial charge in [0.15, 0.2) is 0 Å². The molecule has 1 N–H and O–H groups in total. The Hall–Kier alpha value is -1.52. The van der Waals surface area contributed by atoms with Crippen molar-refractivity contribution >= 4 is 17.5 Å². The van der Waals surface area contributed by atoms with Gasteiger partial charge in [0.2, 0.25) is 5.95 Å². The molecule has 0 saturated carbocycles. The third-order valence-electron chi connectivity index (χ3n) is 2.91. The molecule has 0 fully saturated rings. The molecule has 0 radical (unpaired) electrons. The van der Waals surface area contributed by atoms with Crippen LogP contribution >= 0.6 is 11.6 Å². The zero-order valence-corrected chi connectivity index (χ0v) is 12.2. The third kappa shape index (κ3) is 3.08. The number of hydrogen-bond acceptors (Lipinski definition) is 3. The van der Waals surface area contributed by atoms with Crippen LogP contribution in [-0.4, -0.2) is 29.8 Å². The smallest absolute Gasteiger partial charge is 0.207 e. The van der Waals surface area contributed by atoms with Crippen molar-refractivity contribution in [1.82, 2.24) is 9.55 Å². The fourth-order valence-electron chi connectivity index (χ4n) is 1.93. The number of anilines is 1. The minimum Gasteiger partial charge on any atom is -0.383 e. The van der Waals surface area contributed by atoms with Gasteiger partial charge in [-0.15, -0.1) is 0 Å². The summed E-state index contributed by atoms with van der Waals surface area (Å²) in [6, 6.07) is 5.87. The lowest BCUT2D eigenvalue weighted by Gasteiger charge is -2.12. The number of hydrogen-bond donors (Lipinski definition) is 1. The molecule has 1 aromatic carbocycles. The maximum absolute atomic E-state index is 6.18. The molecule has 0 saturated heterocycles. The number of aromatic nitrogens is 2. The molecule has 2 aromatic rings. The van der Waals surface area contributed by atoms with Crippen molar-refractivity contribution in [3.63, 3.8) is 0 Å².